The number of unbranched alkanes of at least 4 members (excludes halogenated alkanes) is 1. The predicted molar refractivity (Wildman–Crippen MR) is 159 cm³/mol. The Morgan fingerprint density at radius 2 is 1.93 bits per heavy atom. The first-order chi connectivity index (χ1) is 20.0. The van der Waals surface area contributed by atoms with E-state index >= 15 is 0 Å². The monoisotopic (exact) mass is 555 g/mol. The molecule has 9 heteroatoms. The number of aromatic nitrogens is 1. The highest BCUT2D eigenvalue weighted by Gasteiger charge is 2.19. The normalized spacial score (nSPS) is 13.9. The van der Waals surface area contributed by atoms with Gasteiger partial charge in [0, 0.05) is 67.3 Å². The number of nitrogens with zero attached hydrogens (tertiary/aromatic N) is 3. The Balaban J connectivity index is 1.06. The van der Waals surface area contributed by atoms with Gasteiger partial charge in [-0.15, -0.1) is 0 Å². The van der Waals surface area contributed by atoms with Gasteiger partial charge in [-0.25, -0.2) is 0 Å². The van der Waals surface area contributed by atoms with E-state index in [9.17, 15) is 14.9 Å². The molecule has 2 aromatic heterocycles. The van der Waals surface area contributed by atoms with Crippen LogP contribution in [0.1, 0.15) is 54.3 Å². The molecule has 1 saturated heterocycles. The molecule has 1 aliphatic rings. The summed E-state index contributed by atoms with van der Waals surface area (Å²) >= 11 is 0. The summed E-state index contributed by atoms with van der Waals surface area (Å²) < 4.78 is 10.7. The number of aromatic amines is 1. The molecule has 41 heavy (non-hydrogen) atoms. The van der Waals surface area contributed by atoms with Crippen molar-refractivity contribution in [3.63, 3.8) is 0 Å². The average molecular weight is 556 g/mol. The molecule has 0 atom stereocenters. The molecular weight excluding hydrogens is 518 g/mol. The van der Waals surface area contributed by atoms with Crippen molar-refractivity contribution in [3.8, 4) is 6.07 Å². The topological polar surface area (TPSA) is 115 Å². The fraction of sp³-hybridized carbons (Fsp3) is 0.406. The number of amides is 1. The number of nitriles is 1. The van der Waals surface area contributed by atoms with Crippen molar-refractivity contribution in [3.05, 3.63) is 65.5 Å². The van der Waals surface area contributed by atoms with E-state index in [1.165, 1.54) is 5.56 Å². The van der Waals surface area contributed by atoms with Crippen LogP contribution in [0.4, 0.5) is 5.69 Å². The SMILES string of the molecule is CCOC(=O)CCCNC(=O)c1cc2cc(N3CCN(CCCCc4c[nH]c5ccc(C#N)cc45)CC3)ccc2o1. The van der Waals surface area contributed by atoms with E-state index in [0.717, 1.165) is 74.0 Å². The second kappa shape index (κ2) is 13.4. The zero-order chi connectivity index (χ0) is 28.6. The van der Waals surface area contributed by atoms with Crippen LogP contribution in [0.3, 0.4) is 0 Å². The highest BCUT2D eigenvalue weighted by Crippen LogP contribution is 2.26. The van der Waals surface area contributed by atoms with Gasteiger partial charge in [0.1, 0.15) is 5.58 Å². The van der Waals surface area contributed by atoms with E-state index in [1.807, 2.05) is 24.3 Å². The Hall–Kier alpha value is -4.29. The van der Waals surface area contributed by atoms with E-state index in [1.54, 1.807) is 13.0 Å². The van der Waals surface area contributed by atoms with Crippen LogP contribution >= 0.6 is 0 Å². The number of aryl methyl sites for hydroxylation is 1. The largest absolute Gasteiger partial charge is 0.466 e. The van der Waals surface area contributed by atoms with Crippen molar-refractivity contribution in [2.75, 3.05) is 50.8 Å². The van der Waals surface area contributed by atoms with Gasteiger partial charge in [0.2, 0.25) is 0 Å². The fourth-order valence-corrected chi connectivity index (χ4v) is 5.43. The lowest BCUT2D eigenvalue weighted by Gasteiger charge is -2.36. The van der Waals surface area contributed by atoms with Crippen LogP contribution < -0.4 is 10.2 Å². The molecule has 5 rings (SSSR count). The molecule has 0 aliphatic carbocycles. The lowest BCUT2D eigenvalue weighted by Crippen LogP contribution is -2.46. The van der Waals surface area contributed by atoms with Crippen LogP contribution in [-0.4, -0.2) is 67.6 Å². The number of benzene rings is 2. The Kier molecular flexibility index (Phi) is 9.22. The van der Waals surface area contributed by atoms with Gasteiger partial charge in [-0.3, -0.25) is 14.5 Å². The van der Waals surface area contributed by atoms with E-state index in [4.69, 9.17) is 9.15 Å². The maximum absolute atomic E-state index is 12.5. The summed E-state index contributed by atoms with van der Waals surface area (Å²) in [5, 5.41) is 14.1. The molecule has 0 radical (unpaired) electrons. The van der Waals surface area contributed by atoms with Crippen molar-refractivity contribution >= 4 is 39.4 Å². The summed E-state index contributed by atoms with van der Waals surface area (Å²) in [6.07, 6.45) is 6.14. The predicted octanol–water partition coefficient (Wildman–Crippen LogP) is 5.00. The van der Waals surface area contributed by atoms with Crippen molar-refractivity contribution in [2.24, 2.45) is 0 Å². The van der Waals surface area contributed by atoms with Crippen LogP contribution in [0.5, 0.6) is 0 Å². The lowest BCUT2D eigenvalue weighted by molar-refractivity contribution is -0.143. The van der Waals surface area contributed by atoms with Crippen molar-refractivity contribution in [2.45, 2.75) is 39.0 Å². The first kappa shape index (κ1) is 28.2. The molecule has 9 nitrogen and oxygen atoms in total. The van der Waals surface area contributed by atoms with Crippen molar-refractivity contribution in [1.29, 1.82) is 5.26 Å². The third-order valence-corrected chi connectivity index (χ3v) is 7.68. The number of ether oxygens (including phenoxy) is 1. The number of anilines is 1. The second-order valence-corrected chi connectivity index (χ2v) is 10.5. The molecule has 0 bridgehead atoms. The van der Waals surface area contributed by atoms with Gasteiger partial charge in [-0.1, -0.05) is 0 Å². The van der Waals surface area contributed by atoms with Gasteiger partial charge in [-0.05, 0) is 87.2 Å². The number of esters is 1. The zero-order valence-electron chi connectivity index (χ0n) is 23.6. The first-order valence-corrected chi connectivity index (χ1v) is 14.5. The summed E-state index contributed by atoms with van der Waals surface area (Å²) in [6.45, 7) is 7.55. The Labute approximate surface area is 240 Å². The number of hydrogen-bond acceptors (Lipinski definition) is 7. The van der Waals surface area contributed by atoms with Crippen LogP contribution in [0.25, 0.3) is 21.9 Å². The van der Waals surface area contributed by atoms with Gasteiger partial charge in [0.15, 0.2) is 5.76 Å². The summed E-state index contributed by atoms with van der Waals surface area (Å²) in [4.78, 5) is 32.2. The fourth-order valence-electron chi connectivity index (χ4n) is 5.43. The molecule has 4 aromatic rings. The minimum absolute atomic E-state index is 0.253. The molecule has 2 N–H and O–H groups in total. The summed E-state index contributed by atoms with van der Waals surface area (Å²) in [5.74, 6) is -0.259. The third-order valence-electron chi connectivity index (χ3n) is 7.68. The Morgan fingerprint density at radius 1 is 1.07 bits per heavy atom. The molecule has 214 valence electrons. The van der Waals surface area contributed by atoms with Gasteiger partial charge in [0.05, 0.1) is 18.2 Å². The number of rotatable bonds is 12. The molecule has 2 aromatic carbocycles. The molecule has 1 aliphatic heterocycles. The first-order valence-electron chi connectivity index (χ1n) is 14.5. The number of nitrogens with one attached hydrogen (secondary N) is 2. The standard InChI is InChI=1S/C32H37N5O4/c1-2-40-31(38)7-5-12-34-32(39)30-20-25-19-26(9-11-29(25)41-30)37-16-14-36(15-17-37)13-4-3-6-24-22-35-28-10-8-23(21-33)18-27(24)28/h8-11,18-20,22,35H,2-7,12-17H2,1H3,(H,34,39). The Bertz CT molecular complexity index is 1540. The van der Waals surface area contributed by atoms with Crippen molar-refractivity contribution in [1.82, 2.24) is 15.2 Å². The van der Waals surface area contributed by atoms with Crippen LogP contribution in [-0.2, 0) is 16.0 Å². The third kappa shape index (κ3) is 7.08. The van der Waals surface area contributed by atoms with E-state index in [0.29, 0.717) is 30.7 Å². The second-order valence-electron chi connectivity index (χ2n) is 10.5. The van der Waals surface area contributed by atoms with Crippen LogP contribution in [0.15, 0.2) is 53.1 Å². The van der Waals surface area contributed by atoms with Gasteiger partial charge in [0.25, 0.3) is 5.91 Å². The maximum Gasteiger partial charge on any atom is 0.305 e. The summed E-state index contributed by atoms with van der Waals surface area (Å²) in [7, 11) is 0. The summed E-state index contributed by atoms with van der Waals surface area (Å²) in [6, 6.07) is 15.9. The Morgan fingerprint density at radius 3 is 2.73 bits per heavy atom. The quantitative estimate of drug-likeness (QED) is 0.187. The van der Waals surface area contributed by atoms with E-state index in [-0.39, 0.29) is 24.1 Å². The lowest BCUT2D eigenvalue weighted by atomic mass is 10.1. The van der Waals surface area contributed by atoms with Gasteiger partial charge < -0.3 is 24.4 Å². The zero-order valence-corrected chi connectivity index (χ0v) is 23.6. The summed E-state index contributed by atoms with van der Waals surface area (Å²) in [5.41, 5.74) is 4.89. The molecule has 0 unspecified atom stereocenters. The number of H-pyrrole nitrogens is 1. The number of furan rings is 1. The molecule has 1 amide bonds. The van der Waals surface area contributed by atoms with Crippen LogP contribution in [0.2, 0.25) is 0 Å². The average Bonchev–Trinajstić information content (AvgIpc) is 3.61. The molecule has 0 spiro atoms. The van der Waals surface area contributed by atoms with E-state index in [2.05, 4.69) is 44.5 Å². The minimum atomic E-state index is -0.281. The number of piperazine rings is 1. The molecule has 3 heterocycles. The minimum Gasteiger partial charge on any atom is -0.466 e. The smallest absolute Gasteiger partial charge is 0.305 e. The molecular formula is C32H37N5O4. The van der Waals surface area contributed by atoms with E-state index < -0.39 is 0 Å². The van der Waals surface area contributed by atoms with Crippen molar-refractivity contribution < 1.29 is 18.7 Å². The highest BCUT2D eigenvalue weighted by molar-refractivity contribution is 5.96. The van der Waals surface area contributed by atoms with Crippen LogP contribution in [0, 0.1) is 11.3 Å². The molecule has 0 saturated carbocycles. The number of fused-ring (bicyclic) bond motifs is 2. The number of carbonyl (C=O) groups is 2. The molecule has 1 fully saturated rings. The van der Waals surface area contributed by atoms with Gasteiger partial charge in [-0.2, -0.15) is 5.26 Å². The van der Waals surface area contributed by atoms with Gasteiger partial charge >= 0.3 is 5.97 Å². The number of hydrogen-bond donors (Lipinski definition) is 2. The maximum atomic E-state index is 12.5. The highest BCUT2D eigenvalue weighted by atomic mass is 16.5. The number of carbonyl (C=O) groups excluding carboxylic acids is 2.